The number of carbonyl (C=O) groups is 1. The largest absolute Gasteiger partial charge is 0.491 e. The van der Waals surface area contributed by atoms with Crippen LogP contribution in [0.4, 0.5) is 0 Å². The first-order valence-corrected chi connectivity index (χ1v) is 4.77. The molecule has 2 rings (SSSR count). The van der Waals surface area contributed by atoms with Crippen molar-refractivity contribution in [1.29, 1.82) is 0 Å². The average Bonchev–Trinajstić information content (AvgIpc) is 2.16. The van der Waals surface area contributed by atoms with Crippen LogP contribution in [0.1, 0.15) is 20.8 Å². The lowest BCUT2D eigenvalue weighted by atomic mass is 9.73. The molecule has 1 fully saturated rings. The van der Waals surface area contributed by atoms with Crippen LogP contribution in [-0.2, 0) is 9.53 Å². The minimum atomic E-state index is -0.317. The predicted molar refractivity (Wildman–Crippen MR) is 50.2 cm³/mol. The Hall–Kier alpha value is -1.03. The molecule has 2 aliphatic rings. The fourth-order valence-corrected chi connectivity index (χ4v) is 2.10. The van der Waals surface area contributed by atoms with Gasteiger partial charge in [0.15, 0.2) is 0 Å². The van der Waals surface area contributed by atoms with Gasteiger partial charge in [-0.2, -0.15) is 0 Å². The van der Waals surface area contributed by atoms with Crippen LogP contribution < -0.4 is 0 Å². The maximum Gasteiger partial charge on any atom is 0.235 e. The van der Waals surface area contributed by atoms with Gasteiger partial charge in [-0.15, -0.1) is 0 Å². The summed E-state index contributed by atoms with van der Waals surface area (Å²) in [4.78, 5) is 13.5. The van der Waals surface area contributed by atoms with E-state index in [1.807, 2.05) is 20.8 Å². The lowest BCUT2D eigenvalue weighted by Crippen LogP contribution is -2.68. The van der Waals surface area contributed by atoms with Gasteiger partial charge >= 0.3 is 0 Å². The molecule has 4 nitrogen and oxygen atoms in total. The summed E-state index contributed by atoms with van der Waals surface area (Å²) in [7, 11) is 0. The number of aliphatic hydroxyl groups excluding tert-OH is 1. The van der Waals surface area contributed by atoms with Gasteiger partial charge in [0.05, 0.1) is 17.2 Å². The summed E-state index contributed by atoms with van der Waals surface area (Å²) < 4.78 is 5.39. The Labute approximate surface area is 83.2 Å². The number of rotatable bonds is 1. The van der Waals surface area contributed by atoms with Crippen molar-refractivity contribution in [3.63, 3.8) is 0 Å². The van der Waals surface area contributed by atoms with Gasteiger partial charge in [-0.25, -0.2) is 0 Å². The molecule has 0 aliphatic carbocycles. The van der Waals surface area contributed by atoms with Crippen LogP contribution in [-0.4, -0.2) is 35.2 Å². The Bertz CT molecular complexity index is 319. The summed E-state index contributed by atoms with van der Waals surface area (Å²) in [6, 6.07) is 0.130. The second-order valence-electron chi connectivity index (χ2n) is 4.39. The Morgan fingerprint density at radius 3 is 2.86 bits per heavy atom. The quantitative estimate of drug-likeness (QED) is 0.622. The molecule has 78 valence electrons. The van der Waals surface area contributed by atoms with Crippen LogP contribution in [0.5, 0.6) is 0 Å². The number of fused-ring (bicyclic) bond motifs is 1. The van der Waals surface area contributed by atoms with Gasteiger partial charge in [0.1, 0.15) is 19.0 Å². The SMILES string of the molecule is CC1=C(CO)OCC2N1C(=O)C2(C)C. The van der Waals surface area contributed by atoms with Crippen molar-refractivity contribution in [3.8, 4) is 0 Å². The average molecular weight is 197 g/mol. The van der Waals surface area contributed by atoms with Crippen LogP contribution in [0.2, 0.25) is 0 Å². The Balaban J connectivity index is 2.31. The number of allylic oxidation sites excluding steroid dienone is 1. The number of amides is 1. The van der Waals surface area contributed by atoms with E-state index < -0.39 is 0 Å². The molecule has 0 bridgehead atoms. The first kappa shape index (κ1) is 9.52. The van der Waals surface area contributed by atoms with Crippen LogP contribution in [0.3, 0.4) is 0 Å². The third-order valence-electron chi connectivity index (χ3n) is 3.24. The smallest absolute Gasteiger partial charge is 0.235 e. The summed E-state index contributed by atoms with van der Waals surface area (Å²) in [5.41, 5.74) is 0.440. The lowest BCUT2D eigenvalue weighted by Gasteiger charge is -2.55. The Kier molecular flexibility index (Phi) is 1.86. The molecule has 0 spiro atoms. The molecule has 1 unspecified atom stereocenters. The van der Waals surface area contributed by atoms with Crippen molar-refractivity contribution in [2.75, 3.05) is 13.2 Å². The van der Waals surface area contributed by atoms with E-state index in [0.29, 0.717) is 12.4 Å². The number of aliphatic hydroxyl groups is 1. The fourth-order valence-electron chi connectivity index (χ4n) is 2.10. The number of carbonyl (C=O) groups excluding carboxylic acids is 1. The highest BCUT2D eigenvalue weighted by Gasteiger charge is 2.57. The topological polar surface area (TPSA) is 49.8 Å². The van der Waals surface area contributed by atoms with Gasteiger partial charge in [-0.05, 0) is 20.8 Å². The van der Waals surface area contributed by atoms with Crippen molar-refractivity contribution < 1.29 is 14.6 Å². The van der Waals surface area contributed by atoms with Gasteiger partial charge in [0, 0.05) is 0 Å². The van der Waals surface area contributed by atoms with E-state index in [4.69, 9.17) is 9.84 Å². The maximum absolute atomic E-state index is 11.7. The van der Waals surface area contributed by atoms with Crippen molar-refractivity contribution in [2.24, 2.45) is 5.41 Å². The molecule has 0 saturated carbocycles. The number of β-lactam (4-membered cyclic amide) rings is 1. The second kappa shape index (κ2) is 2.73. The minimum Gasteiger partial charge on any atom is -0.491 e. The number of nitrogens with zero attached hydrogens (tertiary/aromatic N) is 1. The monoisotopic (exact) mass is 197 g/mol. The molecule has 14 heavy (non-hydrogen) atoms. The van der Waals surface area contributed by atoms with Crippen molar-refractivity contribution >= 4 is 5.91 Å². The Morgan fingerprint density at radius 1 is 1.64 bits per heavy atom. The molecular formula is C10H15NO3. The minimum absolute atomic E-state index is 0.120. The van der Waals surface area contributed by atoms with Crippen molar-refractivity contribution in [1.82, 2.24) is 4.90 Å². The first-order valence-electron chi connectivity index (χ1n) is 4.77. The fraction of sp³-hybridized carbons (Fsp3) is 0.700. The van der Waals surface area contributed by atoms with Crippen molar-refractivity contribution in [2.45, 2.75) is 26.8 Å². The van der Waals surface area contributed by atoms with E-state index in [1.165, 1.54) is 0 Å². The molecule has 0 aromatic heterocycles. The molecule has 0 aromatic rings. The van der Waals surface area contributed by atoms with E-state index in [1.54, 1.807) is 4.90 Å². The van der Waals surface area contributed by atoms with Gasteiger partial charge < -0.3 is 14.7 Å². The van der Waals surface area contributed by atoms with Crippen LogP contribution in [0, 0.1) is 5.41 Å². The number of ether oxygens (including phenoxy) is 1. The van der Waals surface area contributed by atoms with E-state index in [9.17, 15) is 4.79 Å². The maximum atomic E-state index is 11.7. The molecule has 0 radical (unpaired) electrons. The summed E-state index contributed by atoms with van der Waals surface area (Å²) in [6.45, 7) is 6.02. The third kappa shape index (κ3) is 0.945. The second-order valence-corrected chi connectivity index (χ2v) is 4.39. The highest BCUT2D eigenvalue weighted by Crippen LogP contribution is 2.44. The predicted octanol–water partition coefficient (Wildman–Crippen LogP) is 0.477. The van der Waals surface area contributed by atoms with E-state index in [0.717, 1.165) is 5.70 Å². The highest BCUT2D eigenvalue weighted by molar-refractivity contribution is 5.91. The normalized spacial score (nSPS) is 29.6. The molecular weight excluding hydrogens is 182 g/mol. The van der Waals surface area contributed by atoms with Crippen LogP contribution >= 0.6 is 0 Å². The van der Waals surface area contributed by atoms with E-state index >= 15 is 0 Å². The molecule has 1 N–H and O–H groups in total. The lowest BCUT2D eigenvalue weighted by molar-refractivity contribution is -0.171. The molecule has 0 aromatic carbocycles. The van der Waals surface area contributed by atoms with Gasteiger partial charge in [-0.3, -0.25) is 4.79 Å². The van der Waals surface area contributed by atoms with E-state index in [2.05, 4.69) is 0 Å². The molecule has 2 heterocycles. The molecule has 1 amide bonds. The van der Waals surface area contributed by atoms with Crippen LogP contribution in [0.25, 0.3) is 0 Å². The first-order chi connectivity index (χ1) is 6.50. The molecule has 1 saturated heterocycles. The zero-order valence-corrected chi connectivity index (χ0v) is 8.70. The number of hydrogen-bond acceptors (Lipinski definition) is 3. The highest BCUT2D eigenvalue weighted by atomic mass is 16.5. The summed E-state index contributed by atoms with van der Waals surface area (Å²) >= 11 is 0. The Morgan fingerprint density at radius 2 is 2.29 bits per heavy atom. The summed E-state index contributed by atoms with van der Waals surface area (Å²) in [5.74, 6) is 0.638. The molecule has 1 atom stereocenters. The van der Waals surface area contributed by atoms with Crippen molar-refractivity contribution in [3.05, 3.63) is 11.5 Å². The van der Waals surface area contributed by atoms with Gasteiger partial charge in [0.2, 0.25) is 5.91 Å². The van der Waals surface area contributed by atoms with E-state index in [-0.39, 0.29) is 24.0 Å². The molecule has 4 heteroatoms. The number of hydrogen-bond donors (Lipinski definition) is 1. The van der Waals surface area contributed by atoms with Gasteiger partial charge in [0.25, 0.3) is 0 Å². The molecule has 2 aliphatic heterocycles. The zero-order chi connectivity index (χ0) is 10.5. The zero-order valence-electron chi connectivity index (χ0n) is 8.70. The summed E-state index contributed by atoms with van der Waals surface area (Å²) in [6.07, 6.45) is 0. The summed E-state index contributed by atoms with van der Waals surface area (Å²) in [5, 5.41) is 8.99. The third-order valence-corrected chi connectivity index (χ3v) is 3.24. The standard InChI is InChI=1S/C10H15NO3/c1-6-7(4-12)14-5-8-10(2,3)9(13)11(6)8/h8,12H,4-5H2,1-3H3. The van der Waals surface area contributed by atoms with Gasteiger partial charge in [-0.1, -0.05) is 0 Å². The van der Waals surface area contributed by atoms with Crippen LogP contribution in [0.15, 0.2) is 11.5 Å².